The third kappa shape index (κ3) is 7.23. The summed E-state index contributed by atoms with van der Waals surface area (Å²) in [6.07, 6.45) is 2.86. The summed E-state index contributed by atoms with van der Waals surface area (Å²) >= 11 is 0. The van der Waals surface area contributed by atoms with Crippen molar-refractivity contribution in [1.82, 2.24) is 5.32 Å². The third-order valence-corrected chi connectivity index (χ3v) is 5.23. The van der Waals surface area contributed by atoms with Crippen molar-refractivity contribution < 1.29 is 22.7 Å². The average molecular weight is 457 g/mol. The zero-order valence-electron chi connectivity index (χ0n) is 17.5. The van der Waals surface area contributed by atoms with E-state index in [0.29, 0.717) is 5.56 Å². The van der Waals surface area contributed by atoms with Crippen LogP contribution in [0.4, 0.5) is 5.69 Å². The van der Waals surface area contributed by atoms with Gasteiger partial charge in [-0.25, -0.2) is 18.4 Å². The van der Waals surface area contributed by atoms with Gasteiger partial charge < -0.3 is 15.4 Å². The van der Waals surface area contributed by atoms with E-state index in [2.05, 4.69) is 10.6 Å². The monoisotopic (exact) mass is 456 g/mol. The molecular weight excluding hydrogens is 432 g/mol. The Morgan fingerprint density at radius 3 is 2.47 bits per heavy atom. The number of carbonyl (C=O) groups excluding carboxylic acids is 2. The first kappa shape index (κ1) is 24.6. The number of rotatable bonds is 10. The number of amides is 1. The molecule has 0 saturated carbocycles. The van der Waals surface area contributed by atoms with E-state index in [9.17, 15) is 23.3 Å². The molecule has 0 saturated heterocycles. The topological polar surface area (TPSA) is 151 Å². The number of benzene rings is 2. The lowest BCUT2D eigenvalue weighted by atomic mass is 10.1. The Balaban J connectivity index is 2.03. The molecule has 0 atom stereocenters. The summed E-state index contributed by atoms with van der Waals surface area (Å²) in [5, 5.41) is 19.8. The molecule has 0 aromatic heterocycles. The highest BCUT2D eigenvalue weighted by Gasteiger charge is 2.16. The second-order valence-corrected chi connectivity index (χ2v) is 8.29. The van der Waals surface area contributed by atoms with Gasteiger partial charge in [0, 0.05) is 12.7 Å². The van der Waals surface area contributed by atoms with E-state index in [0.717, 1.165) is 12.8 Å². The number of esters is 1. The minimum atomic E-state index is -3.78. The standard InChI is InChI=1S/C22H24N4O5S/c1-2-3-12-31-22(28)19-6-4-5-7-20(19)26-21(27)17(13-23)15-25-14-16-8-10-18(11-9-16)32(24,29)30/h4-11,15,25H,2-3,12,14H2,1H3,(H,26,27)(H2,24,29,30)/b17-15-. The van der Waals surface area contributed by atoms with E-state index < -0.39 is 21.9 Å². The molecular formula is C22H24N4O5S. The van der Waals surface area contributed by atoms with E-state index in [4.69, 9.17) is 9.88 Å². The molecule has 1 amide bonds. The lowest BCUT2D eigenvalue weighted by Crippen LogP contribution is -2.19. The highest BCUT2D eigenvalue weighted by Crippen LogP contribution is 2.17. The number of nitrogens with zero attached hydrogens (tertiary/aromatic N) is 1. The molecule has 0 aliphatic carbocycles. The Morgan fingerprint density at radius 1 is 1.16 bits per heavy atom. The summed E-state index contributed by atoms with van der Waals surface area (Å²) in [6, 6.07) is 14.0. The van der Waals surface area contributed by atoms with Crippen molar-refractivity contribution >= 4 is 27.6 Å². The predicted molar refractivity (Wildman–Crippen MR) is 119 cm³/mol. The van der Waals surface area contributed by atoms with Crippen LogP contribution < -0.4 is 15.8 Å². The molecule has 0 spiro atoms. The number of hydrogen-bond donors (Lipinski definition) is 3. The van der Waals surface area contributed by atoms with Crippen LogP contribution in [0.1, 0.15) is 35.7 Å². The third-order valence-electron chi connectivity index (χ3n) is 4.30. The van der Waals surface area contributed by atoms with Gasteiger partial charge in [-0.2, -0.15) is 5.26 Å². The van der Waals surface area contributed by atoms with Crippen LogP contribution in [0.3, 0.4) is 0 Å². The quantitative estimate of drug-likeness (QED) is 0.215. The Labute approximate surface area is 186 Å². The van der Waals surface area contributed by atoms with Gasteiger partial charge in [-0.05, 0) is 36.2 Å². The minimum Gasteiger partial charge on any atom is -0.462 e. The first-order valence-corrected chi connectivity index (χ1v) is 11.3. The van der Waals surface area contributed by atoms with E-state index >= 15 is 0 Å². The molecule has 4 N–H and O–H groups in total. The second kappa shape index (κ2) is 11.6. The number of ether oxygens (including phenoxy) is 1. The molecule has 9 nitrogen and oxygen atoms in total. The van der Waals surface area contributed by atoms with Crippen molar-refractivity contribution in [1.29, 1.82) is 5.26 Å². The van der Waals surface area contributed by atoms with Gasteiger partial charge in [0.05, 0.1) is 22.8 Å². The molecule has 0 radical (unpaired) electrons. The number of hydrogen-bond acceptors (Lipinski definition) is 7. The summed E-state index contributed by atoms with van der Waals surface area (Å²) in [7, 11) is -3.78. The van der Waals surface area contributed by atoms with Crippen LogP contribution >= 0.6 is 0 Å². The fraction of sp³-hybridized carbons (Fsp3) is 0.227. The molecule has 0 fully saturated rings. The number of nitriles is 1. The van der Waals surface area contributed by atoms with Gasteiger partial charge in [-0.1, -0.05) is 37.6 Å². The number of para-hydroxylation sites is 1. The summed E-state index contributed by atoms with van der Waals surface area (Å²) in [4.78, 5) is 24.8. The lowest BCUT2D eigenvalue weighted by Gasteiger charge is -2.10. The molecule has 0 aliphatic heterocycles. The van der Waals surface area contributed by atoms with Crippen molar-refractivity contribution in [3.8, 4) is 6.07 Å². The maximum atomic E-state index is 12.5. The van der Waals surface area contributed by atoms with Crippen LogP contribution in [-0.4, -0.2) is 26.9 Å². The summed E-state index contributed by atoms with van der Waals surface area (Å²) in [6.45, 7) is 2.50. The van der Waals surface area contributed by atoms with Crippen molar-refractivity contribution in [3.63, 3.8) is 0 Å². The Morgan fingerprint density at radius 2 is 1.84 bits per heavy atom. The molecule has 2 aromatic carbocycles. The van der Waals surface area contributed by atoms with Crippen LogP contribution in [-0.2, 0) is 26.1 Å². The predicted octanol–water partition coefficient (Wildman–Crippen LogP) is 2.43. The molecule has 168 valence electrons. The Kier molecular flexibility index (Phi) is 8.95. The van der Waals surface area contributed by atoms with Crippen LogP contribution in [0.25, 0.3) is 0 Å². The van der Waals surface area contributed by atoms with E-state index in [1.807, 2.05) is 6.92 Å². The average Bonchev–Trinajstić information content (AvgIpc) is 2.77. The number of sulfonamides is 1. The van der Waals surface area contributed by atoms with E-state index in [1.54, 1.807) is 36.4 Å². The number of nitrogens with two attached hydrogens (primary N) is 1. The number of nitrogens with one attached hydrogen (secondary N) is 2. The smallest absolute Gasteiger partial charge is 0.340 e. The minimum absolute atomic E-state index is 0.0132. The number of unbranched alkanes of at least 4 members (excludes halogenated alkanes) is 1. The van der Waals surface area contributed by atoms with Crippen molar-refractivity contribution in [2.45, 2.75) is 31.2 Å². The molecule has 2 aromatic rings. The van der Waals surface area contributed by atoms with Crippen LogP contribution in [0.15, 0.2) is 65.2 Å². The summed E-state index contributed by atoms with van der Waals surface area (Å²) in [5.74, 6) is -1.25. The van der Waals surface area contributed by atoms with Crippen LogP contribution in [0.5, 0.6) is 0 Å². The number of primary sulfonamides is 1. The first-order valence-electron chi connectivity index (χ1n) is 9.79. The van der Waals surface area contributed by atoms with Crippen molar-refractivity contribution in [3.05, 3.63) is 71.4 Å². The zero-order chi connectivity index (χ0) is 23.6. The highest BCUT2D eigenvalue weighted by atomic mass is 32.2. The normalized spacial score (nSPS) is 11.3. The maximum Gasteiger partial charge on any atom is 0.340 e. The van der Waals surface area contributed by atoms with Crippen molar-refractivity contribution in [2.24, 2.45) is 5.14 Å². The molecule has 0 aliphatic rings. The van der Waals surface area contributed by atoms with Gasteiger partial charge in [-0.15, -0.1) is 0 Å². The van der Waals surface area contributed by atoms with E-state index in [1.165, 1.54) is 24.4 Å². The van der Waals surface area contributed by atoms with Gasteiger partial charge in [0.1, 0.15) is 11.6 Å². The lowest BCUT2D eigenvalue weighted by molar-refractivity contribution is -0.112. The van der Waals surface area contributed by atoms with Gasteiger partial charge in [0.25, 0.3) is 5.91 Å². The van der Waals surface area contributed by atoms with Crippen LogP contribution in [0, 0.1) is 11.3 Å². The van der Waals surface area contributed by atoms with Gasteiger partial charge in [0.15, 0.2) is 0 Å². The van der Waals surface area contributed by atoms with E-state index in [-0.39, 0.29) is 34.9 Å². The molecule has 0 heterocycles. The molecule has 0 unspecified atom stereocenters. The fourth-order valence-corrected chi connectivity index (χ4v) is 3.08. The molecule has 2 rings (SSSR count). The van der Waals surface area contributed by atoms with Gasteiger partial charge in [0.2, 0.25) is 10.0 Å². The fourth-order valence-electron chi connectivity index (χ4n) is 2.56. The maximum absolute atomic E-state index is 12.5. The summed E-state index contributed by atoms with van der Waals surface area (Å²) < 4.78 is 27.8. The van der Waals surface area contributed by atoms with Gasteiger partial charge >= 0.3 is 5.97 Å². The molecule has 10 heteroatoms. The Bertz CT molecular complexity index is 1140. The highest BCUT2D eigenvalue weighted by molar-refractivity contribution is 7.89. The number of anilines is 1. The zero-order valence-corrected chi connectivity index (χ0v) is 18.3. The van der Waals surface area contributed by atoms with Crippen molar-refractivity contribution in [2.75, 3.05) is 11.9 Å². The largest absolute Gasteiger partial charge is 0.462 e. The first-order chi connectivity index (χ1) is 15.3. The SMILES string of the molecule is CCCCOC(=O)c1ccccc1NC(=O)/C(C#N)=C\NCc1ccc(S(N)(=O)=O)cc1. The molecule has 32 heavy (non-hydrogen) atoms. The molecule has 0 bridgehead atoms. The van der Waals surface area contributed by atoms with Crippen LogP contribution in [0.2, 0.25) is 0 Å². The number of carbonyl (C=O) groups is 2. The Hall–Kier alpha value is -3.68. The second-order valence-electron chi connectivity index (χ2n) is 6.73. The summed E-state index contributed by atoms with van der Waals surface area (Å²) in [5.41, 5.74) is 0.933. The van der Waals surface area contributed by atoms with Gasteiger partial charge in [-0.3, -0.25) is 4.79 Å².